The minimum absolute atomic E-state index is 0.146. The van der Waals surface area contributed by atoms with Crippen LogP contribution in [-0.4, -0.2) is 62.1 Å². The lowest BCUT2D eigenvalue weighted by atomic mass is 10.1. The first-order valence-electron chi connectivity index (χ1n) is 8.33. The topological polar surface area (TPSA) is 32.8 Å². The standard InChI is InChI=1S/C18H27FN2O2/c1-20(2)11-10-17-14-21(12-13-23-17)18(22)5-3-4-15-6-8-16(19)9-7-15/h6-9,17H,3-5,10-14H2,1-2H3. The first-order valence-corrected chi connectivity index (χ1v) is 8.33. The molecule has 1 fully saturated rings. The van der Waals surface area contributed by atoms with E-state index in [9.17, 15) is 9.18 Å². The van der Waals surface area contributed by atoms with Gasteiger partial charge in [-0.2, -0.15) is 0 Å². The number of ether oxygens (including phenoxy) is 1. The van der Waals surface area contributed by atoms with Gasteiger partial charge in [0.1, 0.15) is 5.82 Å². The summed E-state index contributed by atoms with van der Waals surface area (Å²) in [5.74, 6) is -0.0211. The summed E-state index contributed by atoms with van der Waals surface area (Å²) in [6.07, 6.45) is 3.24. The maximum Gasteiger partial charge on any atom is 0.222 e. The molecule has 0 aromatic heterocycles. The van der Waals surface area contributed by atoms with E-state index in [0.717, 1.165) is 31.4 Å². The summed E-state index contributed by atoms with van der Waals surface area (Å²) < 4.78 is 18.6. The molecular weight excluding hydrogens is 295 g/mol. The van der Waals surface area contributed by atoms with Crippen molar-refractivity contribution in [2.45, 2.75) is 31.8 Å². The SMILES string of the molecule is CN(C)CCC1CN(C(=O)CCCc2ccc(F)cc2)CCO1. The zero-order valence-electron chi connectivity index (χ0n) is 14.1. The summed E-state index contributed by atoms with van der Waals surface area (Å²) in [5.41, 5.74) is 1.07. The second-order valence-corrected chi connectivity index (χ2v) is 6.40. The first-order chi connectivity index (χ1) is 11.0. The van der Waals surface area contributed by atoms with Gasteiger partial charge in [0.2, 0.25) is 5.91 Å². The van der Waals surface area contributed by atoms with E-state index in [1.165, 1.54) is 12.1 Å². The van der Waals surface area contributed by atoms with Crippen molar-refractivity contribution in [3.63, 3.8) is 0 Å². The van der Waals surface area contributed by atoms with Crippen LogP contribution in [0.5, 0.6) is 0 Å². The highest BCUT2D eigenvalue weighted by atomic mass is 19.1. The number of amides is 1. The molecule has 0 N–H and O–H groups in total. The fourth-order valence-corrected chi connectivity index (χ4v) is 2.78. The molecule has 1 saturated heterocycles. The molecule has 1 unspecified atom stereocenters. The van der Waals surface area contributed by atoms with Crippen LogP contribution >= 0.6 is 0 Å². The number of morpholine rings is 1. The average molecular weight is 322 g/mol. The predicted molar refractivity (Wildman–Crippen MR) is 88.8 cm³/mol. The third-order valence-electron chi connectivity index (χ3n) is 4.16. The molecule has 1 atom stereocenters. The molecule has 2 rings (SSSR count). The Hall–Kier alpha value is -1.46. The molecule has 23 heavy (non-hydrogen) atoms. The van der Waals surface area contributed by atoms with Gasteiger partial charge in [0, 0.05) is 26.1 Å². The molecule has 1 amide bonds. The van der Waals surface area contributed by atoms with Crippen molar-refractivity contribution in [3.8, 4) is 0 Å². The van der Waals surface area contributed by atoms with Gasteiger partial charge in [-0.3, -0.25) is 4.79 Å². The molecule has 128 valence electrons. The monoisotopic (exact) mass is 322 g/mol. The summed E-state index contributed by atoms with van der Waals surface area (Å²) in [6.45, 7) is 2.98. The van der Waals surface area contributed by atoms with Crippen LogP contribution in [0.1, 0.15) is 24.8 Å². The van der Waals surface area contributed by atoms with Gasteiger partial charge in [0.15, 0.2) is 0 Å². The highest BCUT2D eigenvalue weighted by Crippen LogP contribution is 2.12. The second-order valence-electron chi connectivity index (χ2n) is 6.40. The minimum atomic E-state index is -0.220. The molecule has 0 aliphatic carbocycles. The van der Waals surface area contributed by atoms with Gasteiger partial charge in [0.25, 0.3) is 0 Å². The number of halogens is 1. The molecule has 0 bridgehead atoms. The second kappa shape index (κ2) is 8.99. The van der Waals surface area contributed by atoms with E-state index in [1.807, 2.05) is 19.0 Å². The first kappa shape index (κ1) is 17.9. The van der Waals surface area contributed by atoms with Gasteiger partial charge < -0.3 is 14.5 Å². The molecule has 4 nitrogen and oxygen atoms in total. The lowest BCUT2D eigenvalue weighted by Gasteiger charge is -2.33. The van der Waals surface area contributed by atoms with Crippen LogP contribution in [-0.2, 0) is 16.0 Å². The van der Waals surface area contributed by atoms with E-state index in [1.54, 1.807) is 12.1 Å². The van der Waals surface area contributed by atoms with Crippen molar-refractivity contribution in [1.82, 2.24) is 9.80 Å². The number of carbonyl (C=O) groups excluding carboxylic acids is 1. The van der Waals surface area contributed by atoms with Crippen LogP contribution in [0, 0.1) is 5.82 Å². The Labute approximate surface area is 138 Å². The number of carbonyl (C=O) groups is 1. The van der Waals surface area contributed by atoms with E-state index in [2.05, 4.69) is 4.90 Å². The van der Waals surface area contributed by atoms with Gasteiger partial charge >= 0.3 is 0 Å². The lowest BCUT2D eigenvalue weighted by Crippen LogP contribution is -2.46. The molecule has 0 radical (unpaired) electrons. The lowest BCUT2D eigenvalue weighted by molar-refractivity contribution is -0.139. The zero-order chi connectivity index (χ0) is 16.7. The number of benzene rings is 1. The number of rotatable bonds is 7. The smallest absolute Gasteiger partial charge is 0.222 e. The maximum atomic E-state index is 12.9. The van der Waals surface area contributed by atoms with Gasteiger partial charge in [0.05, 0.1) is 12.7 Å². The molecule has 1 heterocycles. The highest BCUT2D eigenvalue weighted by molar-refractivity contribution is 5.76. The van der Waals surface area contributed by atoms with Gasteiger partial charge in [-0.25, -0.2) is 4.39 Å². The van der Waals surface area contributed by atoms with E-state index < -0.39 is 0 Å². The Morgan fingerprint density at radius 2 is 2.09 bits per heavy atom. The Balaban J connectivity index is 1.71. The molecule has 0 spiro atoms. The molecule has 1 aromatic carbocycles. The highest BCUT2D eigenvalue weighted by Gasteiger charge is 2.23. The summed E-state index contributed by atoms with van der Waals surface area (Å²) in [5, 5.41) is 0. The number of nitrogens with zero attached hydrogens (tertiary/aromatic N) is 2. The largest absolute Gasteiger partial charge is 0.374 e. The van der Waals surface area contributed by atoms with Gasteiger partial charge in [-0.15, -0.1) is 0 Å². The normalized spacial score (nSPS) is 18.4. The van der Waals surface area contributed by atoms with E-state index >= 15 is 0 Å². The Bertz CT molecular complexity index is 490. The van der Waals surface area contributed by atoms with Crippen LogP contribution in [0.4, 0.5) is 4.39 Å². The van der Waals surface area contributed by atoms with Crippen molar-refractivity contribution in [2.24, 2.45) is 0 Å². The molecule has 0 saturated carbocycles. The molecule has 1 aliphatic heterocycles. The fourth-order valence-electron chi connectivity index (χ4n) is 2.78. The molecular formula is C18H27FN2O2. The van der Waals surface area contributed by atoms with Crippen LogP contribution in [0.3, 0.4) is 0 Å². The Morgan fingerprint density at radius 3 is 2.78 bits per heavy atom. The van der Waals surface area contributed by atoms with Crippen molar-refractivity contribution in [2.75, 3.05) is 40.3 Å². The van der Waals surface area contributed by atoms with Gasteiger partial charge in [-0.1, -0.05) is 12.1 Å². The quantitative estimate of drug-likeness (QED) is 0.772. The van der Waals surface area contributed by atoms with Gasteiger partial charge in [-0.05, 0) is 51.1 Å². The summed E-state index contributed by atoms with van der Waals surface area (Å²) in [6, 6.07) is 6.50. The maximum absolute atomic E-state index is 12.9. The van der Waals surface area contributed by atoms with Crippen LogP contribution in [0.15, 0.2) is 24.3 Å². The third kappa shape index (κ3) is 6.28. The van der Waals surface area contributed by atoms with Crippen molar-refractivity contribution in [1.29, 1.82) is 0 Å². The number of hydrogen-bond acceptors (Lipinski definition) is 3. The minimum Gasteiger partial charge on any atom is -0.374 e. The Kier molecular flexibility index (Phi) is 6.99. The van der Waals surface area contributed by atoms with Crippen LogP contribution in [0.25, 0.3) is 0 Å². The zero-order valence-corrected chi connectivity index (χ0v) is 14.1. The fraction of sp³-hybridized carbons (Fsp3) is 0.611. The molecule has 1 aliphatic rings. The molecule has 1 aromatic rings. The van der Waals surface area contributed by atoms with Crippen LogP contribution in [0.2, 0.25) is 0 Å². The van der Waals surface area contributed by atoms with Crippen LogP contribution < -0.4 is 0 Å². The van der Waals surface area contributed by atoms with Crippen molar-refractivity contribution >= 4 is 5.91 Å². The molecule has 5 heteroatoms. The Morgan fingerprint density at radius 1 is 1.35 bits per heavy atom. The summed E-state index contributed by atoms with van der Waals surface area (Å²) in [7, 11) is 4.09. The third-order valence-corrected chi connectivity index (χ3v) is 4.16. The van der Waals surface area contributed by atoms with Crippen molar-refractivity contribution in [3.05, 3.63) is 35.6 Å². The number of aryl methyl sites for hydroxylation is 1. The predicted octanol–water partition coefficient (Wildman–Crippen LogP) is 2.33. The summed E-state index contributed by atoms with van der Waals surface area (Å²) >= 11 is 0. The summed E-state index contributed by atoms with van der Waals surface area (Å²) in [4.78, 5) is 16.4. The van der Waals surface area contributed by atoms with E-state index in [-0.39, 0.29) is 17.8 Å². The van der Waals surface area contributed by atoms with E-state index in [0.29, 0.717) is 26.1 Å². The van der Waals surface area contributed by atoms with E-state index in [4.69, 9.17) is 4.74 Å². The van der Waals surface area contributed by atoms with Crippen molar-refractivity contribution < 1.29 is 13.9 Å². The number of hydrogen-bond donors (Lipinski definition) is 0. The average Bonchev–Trinajstić information content (AvgIpc) is 2.55.